The number of benzene rings is 2. The maximum Gasteiger partial charge on any atom is 0.230 e. The van der Waals surface area contributed by atoms with Crippen LogP contribution in [0.3, 0.4) is 0 Å². The third kappa shape index (κ3) is 3.81. The predicted molar refractivity (Wildman–Crippen MR) is 96.9 cm³/mol. The maximum absolute atomic E-state index is 12.5. The fourth-order valence-electron chi connectivity index (χ4n) is 2.40. The van der Waals surface area contributed by atoms with Crippen molar-refractivity contribution in [3.63, 3.8) is 0 Å². The monoisotopic (exact) mass is 309 g/mol. The highest BCUT2D eigenvalue weighted by molar-refractivity contribution is 6.05. The average molecular weight is 309 g/mol. The smallest absolute Gasteiger partial charge is 0.230 e. The summed E-state index contributed by atoms with van der Waals surface area (Å²) >= 11 is 0. The Bertz CT molecular complexity index is 731. The summed E-state index contributed by atoms with van der Waals surface area (Å²) in [6.07, 6.45) is 4.10. The zero-order chi connectivity index (χ0) is 16.9. The van der Waals surface area contributed by atoms with E-state index in [-0.39, 0.29) is 5.91 Å². The molecule has 0 bridgehead atoms. The molecule has 0 aromatic heterocycles. The fraction of sp³-hybridized carbons (Fsp3) is 0.250. The lowest BCUT2D eigenvalue weighted by Gasteiger charge is -2.22. The van der Waals surface area contributed by atoms with Crippen molar-refractivity contribution >= 4 is 22.4 Å². The Morgan fingerprint density at radius 3 is 2.48 bits per heavy atom. The second-order valence-electron chi connectivity index (χ2n) is 6.09. The number of hydrogen-bond donors (Lipinski definition) is 1. The zero-order valence-corrected chi connectivity index (χ0v) is 13.8. The minimum atomic E-state index is -0.499. The first-order valence-electron chi connectivity index (χ1n) is 7.67. The van der Waals surface area contributed by atoms with Crippen LogP contribution < -0.4 is 10.1 Å². The molecule has 3 heteroatoms. The highest BCUT2D eigenvalue weighted by Gasteiger charge is 2.26. The van der Waals surface area contributed by atoms with Crippen LogP contribution in [-0.2, 0) is 4.79 Å². The van der Waals surface area contributed by atoms with Gasteiger partial charge in [0.25, 0.3) is 0 Å². The first kappa shape index (κ1) is 16.8. The van der Waals surface area contributed by atoms with Gasteiger partial charge >= 0.3 is 0 Å². The third-order valence-corrected chi connectivity index (χ3v) is 3.76. The highest BCUT2D eigenvalue weighted by atomic mass is 16.5. The van der Waals surface area contributed by atoms with Gasteiger partial charge in [-0.1, -0.05) is 56.8 Å². The van der Waals surface area contributed by atoms with Gasteiger partial charge in [-0.2, -0.15) is 0 Å². The molecule has 0 heterocycles. The van der Waals surface area contributed by atoms with Gasteiger partial charge in [-0.15, -0.1) is 6.58 Å². The molecule has 0 aliphatic rings. The summed E-state index contributed by atoms with van der Waals surface area (Å²) in [5, 5.41) is 4.95. The molecule has 23 heavy (non-hydrogen) atoms. The topological polar surface area (TPSA) is 38.3 Å². The van der Waals surface area contributed by atoms with Gasteiger partial charge in [0.1, 0.15) is 12.4 Å². The van der Waals surface area contributed by atoms with Crippen molar-refractivity contribution in [1.82, 2.24) is 0 Å². The number of carbonyl (C=O) groups is 1. The van der Waals surface area contributed by atoms with E-state index in [1.54, 1.807) is 12.2 Å². The Morgan fingerprint density at radius 1 is 1.13 bits per heavy atom. The predicted octanol–water partition coefficient (Wildman–Crippen LogP) is 4.95. The van der Waals surface area contributed by atoms with Gasteiger partial charge in [-0.05, 0) is 18.6 Å². The first-order chi connectivity index (χ1) is 11.0. The number of anilines is 1. The summed E-state index contributed by atoms with van der Waals surface area (Å²) in [7, 11) is 0. The molecule has 0 spiro atoms. The third-order valence-electron chi connectivity index (χ3n) is 3.76. The van der Waals surface area contributed by atoms with Crippen molar-refractivity contribution < 1.29 is 9.53 Å². The van der Waals surface area contributed by atoms with Crippen molar-refractivity contribution in [3.8, 4) is 5.75 Å². The number of ether oxygens (including phenoxy) is 1. The summed E-state index contributed by atoms with van der Waals surface area (Å²) in [6, 6.07) is 11.6. The summed E-state index contributed by atoms with van der Waals surface area (Å²) in [5.74, 6) is 0.756. The molecule has 0 aliphatic heterocycles. The van der Waals surface area contributed by atoms with Gasteiger partial charge in [0.2, 0.25) is 5.91 Å². The van der Waals surface area contributed by atoms with Crippen LogP contribution in [0.5, 0.6) is 5.75 Å². The van der Waals surface area contributed by atoms with E-state index >= 15 is 0 Å². The van der Waals surface area contributed by atoms with E-state index in [9.17, 15) is 4.79 Å². The molecule has 1 N–H and O–H groups in total. The van der Waals surface area contributed by atoms with Gasteiger partial charge in [-0.3, -0.25) is 4.79 Å². The van der Waals surface area contributed by atoms with Crippen molar-refractivity contribution in [2.45, 2.75) is 20.3 Å². The van der Waals surface area contributed by atoms with E-state index in [0.717, 1.165) is 22.2 Å². The van der Waals surface area contributed by atoms with Crippen LogP contribution in [-0.4, -0.2) is 12.5 Å². The van der Waals surface area contributed by atoms with Crippen LogP contribution in [0.15, 0.2) is 61.7 Å². The number of amides is 1. The molecule has 3 nitrogen and oxygen atoms in total. The number of rotatable bonds is 7. The van der Waals surface area contributed by atoms with Gasteiger partial charge in [0, 0.05) is 21.9 Å². The summed E-state index contributed by atoms with van der Waals surface area (Å²) in [5.41, 5.74) is 0.287. The lowest BCUT2D eigenvalue weighted by Crippen LogP contribution is -2.30. The van der Waals surface area contributed by atoms with E-state index in [2.05, 4.69) is 18.5 Å². The Kier molecular flexibility index (Phi) is 5.22. The Balaban J connectivity index is 2.37. The molecule has 0 atom stereocenters. The first-order valence-corrected chi connectivity index (χ1v) is 7.67. The number of nitrogens with one attached hydrogen (secondary N) is 1. The maximum atomic E-state index is 12.5. The van der Waals surface area contributed by atoms with Crippen LogP contribution >= 0.6 is 0 Å². The van der Waals surface area contributed by atoms with Crippen molar-refractivity contribution in [1.29, 1.82) is 0 Å². The van der Waals surface area contributed by atoms with Crippen molar-refractivity contribution in [2.75, 3.05) is 11.9 Å². The van der Waals surface area contributed by atoms with Gasteiger partial charge in [0.15, 0.2) is 0 Å². The number of hydrogen-bond acceptors (Lipinski definition) is 2. The lowest BCUT2D eigenvalue weighted by molar-refractivity contribution is -0.123. The minimum Gasteiger partial charge on any atom is -0.489 e. The quantitative estimate of drug-likeness (QED) is 0.735. The molecule has 0 unspecified atom stereocenters. The normalized spacial score (nSPS) is 11.0. The molecule has 0 fully saturated rings. The zero-order valence-electron chi connectivity index (χ0n) is 13.8. The van der Waals surface area contributed by atoms with Crippen LogP contribution in [0.1, 0.15) is 20.3 Å². The van der Waals surface area contributed by atoms with E-state index in [1.807, 2.05) is 50.2 Å². The molecule has 1 amide bonds. The number of carbonyl (C=O) groups excluding carboxylic acids is 1. The largest absolute Gasteiger partial charge is 0.489 e. The second kappa shape index (κ2) is 7.14. The van der Waals surface area contributed by atoms with E-state index < -0.39 is 5.41 Å². The van der Waals surface area contributed by atoms with Crippen LogP contribution in [0.25, 0.3) is 10.8 Å². The van der Waals surface area contributed by atoms with Gasteiger partial charge in [0.05, 0.1) is 0 Å². The van der Waals surface area contributed by atoms with E-state index in [0.29, 0.717) is 13.0 Å². The highest BCUT2D eigenvalue weighted by Crippen LogP contribution is 2.33. The number of fused-ring (bicyclic) bond motifs is 1. The average Bonchev–Trinajstić information content (AvgIpc) is 2.54. The standard InChI is InChI=1S/C20H23NO2/c1-5-13-20(3,4)19(22)21-17-11-12-18(23-14-6-2)16-10-8-7-9-15(16)17/h5-12H,1-2,13-14H2,3-4H3,(H,21,22). The summed E-state index contributed by atoms with van der Waals surface area (Å²) in [4.78, 5) is 12.5. The molecule has 120 valence electrons. The number of allylic oxidation sites excluding steroid dienone is 1. The van der Waals surface area contributed by atoms with Gasteiger partial charge < -0.3 is 10.1 Å². The lowest BCUT2D eigenvalue weighted by atomic mass is 9.88. The summed E-state index contributed by atoms with van der Waals surface area (Å²) in [6.45, 7) is 11.7. The SMILES string of the molecule is C=CCOc1ccc(NC(=O)C(C)(C)CC=C)c2ccccc12. The molecule has 0 radical (unpaired) electrons. The molecular weight excluding hydrogens is 286 g/mol. The second-order valence-corrected chi connectivity index (χ2v) is 6.09. The fourth-order valence-corrected chi connectivity index (χ4v) is 2.40. The molecular formula is C20H23NO2. The molecule has 0 aliphatic carbocycles. The molecule has 2 aromatic rings. The van der Waals surface area contributed by atoms with E-state index in [4.69, 9.17) is 4.74 Å². The van der Waals surface area contributed by atoms with Crippen LogP contribution in [0, 0.1) is 5.41 Å². The van der Waals surface area contributed by atoms with Crippen molar-refractivity contribution in [3.05, 3.63) is 61.7 Å². The van der Waals surface area contributed by atoms with Crippen LogP contribution in [0.4, 0.5) is 5.69 Å². The molecule has 2 rings (SSSR count). The Morgan fingerprint density at radius 2 is 1.83 bits per heavy atom. The molecule has 0 saturated heterocycles. The van der Waals surface area contributed by atoms with Crippen LogP contribution in [0.2, 0.25) is 0 Å². The minimum absolute atomic E-state index is 0.0256. The summed E-state index contributed by atoms with van der Waals surface area (Å²) < 4.78 is 5.69. The molecule has 2 aromatic carbocycles. The van der Waals surface area contributed by atoms with Crippen molar-refractivity contribution in [2.24, 2.45) is 5.41 Å². The van der Waals surface area contributed by atoms with Gasteiger partial charge in [-0.25, -0.2) is 0 Å². The Hall–Kier alpha value is -2.55. The molecule has 0 saturated carbocycles. The van der Waals surface area contributed by atoms with E-state index in [1.165, 1.54) is 0 Å². The Labute approximate surface area is 137 Å².